The number of carboxylic acids is 1. The SMILES string of the molecule is Cc1cc(/C=C2/SC(=O)N(CC(=O)Nc3ccc(F)c(F)c3F)C2=O)c(C)n1-c1ccc(C(=O)O)cc1. The summed E-state index contributed by atoms with van der Waals surface area (Å²) in [5, 5.41) is 10.4. The number of benzene rings is 2. The van der Waals surface area contributed by atoms with E-state index >= 15 is 0 Å². The molecule has 12 heteroatoms. The number of halogens is 3. The Morgan fingerprint density at radius 3 is 2.35 bits per heavy atom. The van der Waals surface area contributed by atoms with Crippen LogP contribution in [0.2, 0.25) is 0 Å². The maximum absolute atomic E-state index is 13.8. The van der Waals surface area contributed by atoms with Crippen LogP contribution in [-0.2, 0) is 9.59 Å². The zero-order chi connectivity index (χ0) is 27.0. The number of hydrogen-bond acceptors (Lipinski definition) is 5. The van der Waals surface area contributed by atoms with Crippen molar-refractivity contribution in [3.8, 4) is 5.69 Å². The number of aryl methyl sites for hydroxylation is 1. The molecule has 2 N–H and O–H groups in total. The molecule has 0 radical (unpaired) electrons. The van der Waals surface area contributed by atoms with Crippen LogP contribution >= 0.6 is 11.8 Å². The first-order valence-electron chi connectivity index (χ1n) is 10.7. The van der Waals surface area contributed by atoms with Crippen LogP contribution in [0.25, 0.3) is 11.8 Å². The van der Waals surface area contributed by atoms with Crippen LogP contribution in [0.4, 0.5) is 23.7 Å². The fourth-order valence-corrected chi connectivity index (χ4v) is 4.65. The molecule has 1 aliphatic rings. The number of aromatic nitrogens is 1. The van der Waals surface area contributed by atoms with Gasteiger partial charge in [0.1, 0.15) is 6.54 Å². The molecule has 3 aromatic rings. The summed E-state index contributed by atoms with van der Waals surface area (Å²) in [5.74, 6) is -7.56. The first kappa shape index (κ1) is 25.8. The van der Waals surface area contributed by atoms with Gasteiger partial charge in [-0.05, 0) is 79.7 Å². The molecule has 0 spiro atoms. The molecular formula is C25H18F3N3O5S. The largest absolute Gasteiger partial charge is 0.478 e. The van der Waals surface area contributed by atoms with Crippen LogP contribution in [0.15, 0.2) is 47.4 Å². The number of aromatic carboxylic acids is 1. The van der Waals surface area contributed by atoms with Crippen LogP contribution in [0.3, 0.4) is 0 Å². The lowest BCUT2D eigenvalue weighted by atomic mass is 10.2. The summed E-state index contributed by atoms with van der Waals surface area (Å²) in [6, 6.07) is 9.48. The minimum absolute atomic E-state index is 0.0540. The Labute approximate surface area is 212 Å². The van der Waals surface area contributed by atoms with E-state index in [0.717, 1.165) is 17.5 Å². The molecule has 1 saturated heterocycles. The standard InChI is InChI=1S/C25H18F3N3O5S/c1-12-9-15(13(2)31(12)16-5-3-14(4-6-16)24(34)35)10-19-23(33)30(25(36)37-19)11-20(32)29-18-8-7-17(26)21(27)22(18)28/h3-10H,11H2,1-2H3,(H,29,32)(H,34,35)/b19-10+. The molecule has 2 aromatic carbocycles. The Kier molecular flexibility index (Phi) is 6.94. The zero-order valence-corrected chi connectivity index (χ0v) is 20.2. The van der Waals surface area contributed by atoms with Crippen molar-refractivity contribution in [1.82, 2.24) is 9.47 Å². The van der Waals surface area contributed by atoms with E-state index in [4.69, 9.17) is 5.11 Å². The summed E-state index contributed by atoms with van der Waals surface area (Å²) in [6.45, 7) is 2.86. The lowest BCUT2D eigenvalue weighted by Crippen LogP contribution is -2.36. The Balaban J connectivity index is 1.53. The van der Waals surface area contributed by atoms with Gasteiger partial charge in [0, 0.05) is 17.1 Å². The molecule has 37 heavy (non-hydrogen) atoms. The fraction of sp³-hybridized carbons (Fsp3) is 0.120. The van der Waals surface area contributed by atoms with Gasteiger partial charge in [-0.3, -0.25) is 19.3 Å². The van der Waals surface area contributed by atoms with Crippen molar-refractivity contribution in [1.29, 1.82) is 0 Å². The molecule has 0 saturated carbocycles. The quantitative estimate of drug-likeness (QED) is 0.348. The molecule has 8 nitrogen and oxygen atoms in total. The summed E-state index contributed by atoms with van der Waals surface area (Å²) < 4.78 is 42.2. The van der Waals surface area contributed by atoms with Gasteiger partial charge in [0.05, 0.1) is 16.2 Å². The number of carboxylic acid groups (broad SMARTS) is 1. The molecule has 1 fully saturated rings. The van der Waals surface area contributed by atoms with Gasteiger partial charge in [-0.25, -0.2) is 18.0 Å². The predicted octanol–water partition coefficient (Wildman–Crippen LogP) is 4.88. The Bertz CT molecular complexity index is 1500. The minimum Gasteiger partial charge on any atom is -0.478 e. The molecule has 3 amide bonds. The van der Waals surface area contributed by atoms with Crippen molar-refractivity contribution in [3.05, 3.63) is 87.3 Å². The van der Waals surface area contributed by atoms with Gasteiger partial charge in [0.25, 0.3) is 11.1 Å². The second kappa shape index (κ2) is 9.97. The molecular weight excluding hydrogens is 511 g/mol. The monoisotopic (exact) mass is 529 g/mol. The van der Waals surface area contributed by atoms with Gasteiger partial charge in [-0.15, -0.1) is 0 Å². The lowest BCUT2D eigenvalue weighted by Gasteiger charge is -2.13. The van der Waals surface area contributed by atoms with Crippen LogP contribution in [0, 0.1) is 31.3 Å². The number of nitrogens with zero attached hydrogens (tertiary/aromatic N) is 2. The van der Waals surface area contributed by atoms with E-state index in [1.54, 1.807) is 25.1 Å². The van der Waals surface area contributed by atoms with E-state index in [0.29, 0.717) is 34.0 Å². The molecule has 0 bridgehead atoms. The van der Waals surface area contributed by atoms with Crippen LogP contribution in [0.1, 0.15) is 27.3 Å². The number of nitrogens with one attached hydrogen (secondary N) is 1. The second-order valence-corrected chi connectivity index (χ2v) is 9.05. The average Bonchev–Trinajstić information content (AvgIpc) is 3.28. The topological polar surface area (TPSA) is 109 Å². The van der Waals surface area contributed by atoms with Crippen molar-refractivity contribution in [2.75, 3.05) is 11.9 Å². The van der Waals surface area contributed by atoms with E-state index in [1.165, 1.54) is 18.2 Å². The third-order valence-electron chi connectivity index (χ3n) is 5.61. The molecule has 190 valence electrons. The highest BCUT2D eigenvalue weighted by atomic mass is 32.2. The summed E-state index contributed by atoms with van der Waals surface area (Å²) in [4.78, 5) is 49.4. The Hall–Kier alpha value is -4.32. The number of hydrogen-bond donors (Lipinski definition) is 2. The van der Waals surface area contributed by atoms with Gasteiger partial charge >= 0.3 is 5.97 Å². The van der Waals surface area contributed by atoms with E-state index in [-0.39, 0.29) is 10.5 Å². The maximum Gasteiger partial charge on any atom is 0.335 e. The number of carbonyl (C=O) groups is 4. The van der Waals surface area contributed by atoms with Gasteiger partial charge < -0.3 is 15.0 Å². The van der Waals surface area contributed by atoms with Crippen molar-refractivity contribution in [3.63, 3.8) is 0 Å². The van der Waals surface area contributed by atoms with Gasteiger partial charge in [-0.1, -0.05) is 0 Å². The number of amides is 3. The van der Waals surface area contributed by atoms with Crippen LogP contribution in [-0.4, -0.2) is 44.1 Å². The number of imide groups is 1. The molecule has 2 heterocycles. The third-order valence-corrected chi connectivity index (χ3v) is 6.52. The highest BCUT2D eigenvalue weighted by molar-refractivity contribution is 8.18. The molecule has 1 aromatic heterocycles. The summed E-state index contributed by atoms with van der Waals surface area (Å²) in [5.41, 5.74) is 2.34. The Morgan fingerprint density at radius 2 is 1.70 bits per heavy atom. The summed E-state index contributed by atoms with van der Waals surface area (Å²) in [7, 11) is 0. The normalized spacial score (nSPS) is 14.5. The smallest absolute Gasteiger partial charge is 0.335 e. The third kappa shape index (κ3) is 5.00. The zero-order valence-electron chi connectivity index (χ0n) is 19.3. The molecule has 0 aliphatic carbocycles. The summed E-state index contributed by atoms with van der Waals surface area (Å²) >= 11 is 0.618. The number of anilines is 1. The Morgan fingerprint density at radius 1 is 1.03 bits per heavy atom. The second-order valence-electron chi connectivity index (χ2n) is 8.05. The summed E-state index contributed by atoms with van der Waals surface area (Å²) in [6.07, 6.45) is 1.50. The maximum atomic E-state index is 13.8. The van der Waals surface area contributed by atoms with E-state index < -0.39 is 52.7 Å². The molecule has 4 rings (SSSR count). The van der Waals surface area contributed by atoms with E-state index in [1.807, 2.05) is 16.8 Å². The van der Waals surface area contributed by atoms with Crippen molar-refractivity contribution >= 4 is 46.5 Å². The van der Waals surface area contributed by atoms with Crippen molar-refractivity contribution in [2.24, 2.45) is 0 Å². The van der Waals surface area contributed by atoms with Crippen LogP contribution < -0.4 is 5.32 Å². The fourth-order valence-electron chi connectivity index (χ4n) is 3.82. The lowest BCUT2D eigenvalue weighted by molar-refractivity contribution is -0.127. The van der Waals surface area contributed by atoms with Gasteiger partial charge in [0.2, 0.25) is 5.91 Å². The number of thioether (sulfide) groups is 1. The van der Waals surface area contributed by atoms with E-state index in [9.17, 15) is 32.3 Å². The van der Waals surface area contributed by atoms with Crippen molar-refractivity contribution in [2.45, 2.75) is 13.8 Å². The number of rotatable bonds is 6. The van der Waals surface area contributed by atoms with Gasteiger partial charge in [0.15, 0.2) is 17.5 Å². The predicted molar refractivity (Wildman–Crippen MR) is 130 cm³/mol. The molecule has 0 atom stereocenters. The average molecular weight is 529 g/mol. The molecule has 0 unspecified atom stereocenters. The van der Waals surface area contributed by atoms with Gasteiger partial charge in [-0.2, -0.15) is 0 Å². The van der Waals surface area contributed by atoms with Crippen molar-refractivity contribution < 1.29 is 37.5 Å². The van der Waals surface area contributed by atoms with Crippen LogP contribution in [0.5, 0.6) is 0 Å². The first-order chi connectivity index (χ1) is 17.5. The molecule has 1 aliphatic heterocycles. The van der Waals surface area contributed by atoms with E-state index in [2.05, 4.69) is 0 Å². The highest BCUT2D eigenvalue weighted by Gasteiger charge is 2.36. The number of carbonyl (C=O) groups excluding carboxylic acids is 3. The minimum atomic E-state index is -1.76. The first-order valence-corrected chi connectivity index (χ1v) is 11.5. The highest BCUT2D eigenvalue weighted by Crippen LogP contribution is 2.34.